The number of nitrogens with one attached hydrogen (secondary N) is 1. The Kier molecular flexibility index (Phi) is 5.72. The van der Waals surface area contributed by atoms with E-state index in [9.17, 15) is 4.79 Å². The molecule has 1 aliphatic rings. The molecule has 4 rings (SSSR count). The highest BCUT2D eigenvalue weighted by atomic mass is 16.2. The summed E-state index contributed by atoms with van der Waals surface area (Å²) in [5.41, 5.74) is 1.03. The lowest BCUT2D eigenvalue weighted by atomic mass is 10.1. The Morgan fingerprint density at radius 1 is 1.14 bits per heavy atom. The van der Waals surface area contributed by atoms with E-state index in [2.05, 4.69) is 30.8 Å². The maximum atomic E-state index is 12.7. The van der Waals surface area contributed by atoms with Gasteiger partial charge in [-0.15, -0.1) is 5.10 Å². The van der Waals surface area contributed by atoms with Crippen LogP contribution in [0.3, 0.4) is 0 Å². The van der Waals surface area contributed by atoms with E-state index in [4.69, 9.17) is 0 Å². The van der Waals surface area contributed by atoms with Crippen molar-refractivity contribution in [1.82, 2.24) is 40.2 Å². The summed E-state index contributed by atoms with van der Waals surface area (Å²) < 4.78 is 3.40. The van der Waals surface area contributed by atoms with Crippen molar-refractivity contribution >= 4 is 5.91 Å². The first kappa shape index (κ1) is 18.3. The third-order valence-corrected chi connectivity index (χ3v) is 4.93. The van der Waals surface area contributed by atoms with E-state index in [0.29, 0.717) is 13.1 Å². The van der Waals surface area contributed by atoms with E-state index in [0.717, 1.165) is 24.5 Å². The van der Waals surface area contributed by atoms with Crippen molar-refractivity contribution in [2.24, 2.45) is 0 Å². The molecule has 146 valence electrons. The average molecular weight is 380 g/mol. The number of aromatic nitrogens is 6. The molecule has 1 aromatic carbocycles. The summed E-state index contributed by atoms with van der Waals surface area (Å²) in [5, 5.41) is 19.2. The number of hydrogen-bond acceptors (Lipinski definition) is 6. The summed E-state index contributed by atoms with van der Waals surface area (Å²) in [7, 11) is 0. The lowest BCUT2D eigenvalue weighted by Crippen LogP contribution is -2.35. The lowest BCUT2D eigenvalue weighted by molar-refractivity contribution is -0.122. The Labute approximate surface area is 163 Å². The SMILES string of the molecule is O=C(Cn1nnnc1CN1CCCC1)NC(Cn1cccn1)c1ccccc1. The van der Waals surface area contributed by atoms with Crippen LogP contribution in [-0.4, -0.2) is 53.9 Å². The molecular weight excluding hydrogens is 356 g/mol. The highest BCUT2D eigenvalue weighted by Gasteiger charge is 2.19. The van der Waals surface area contributed by atoms with Gasteiger partial charge in [0.15, 0.2) is 5.82 Å². The maximum Gasteiger partial charge on any atom is 0.242 e. The van der Waals surface area contributed by atoms with Crippen LogP contribution in [0, 0.1) is 0 Å². The summed E-state index contributed by atoms with van der Waals surface area (Å²) in [5.74, 6) is 0.594. The number of benzene rings is 1. The number of carbonyl (C=O) groups is 1. The zero-order chi connectivity index (χ0) is 19.2. The van der Waals surface area contributed by atoms with Crippen molar-refractivity contribution in [3.8, 4) is 0 Å². The zero-order valence-electron chi connectivity index (χ0n) is 15.7. The Morgan fingerprint density at radius 3 is 2.71 bits per heavy atom. The Balaban J connectivity index is 1.42. The van der Waals surface area contributed by atoms with Crippen molar-refractivity contribution < 1.29 is 4.79 Å². The fourth-order valence-corrected chi connectivity index (χ4v) is 3.49. The third-order valence-electron chi connectivity index (χ3n) is 4.93. The molecule has 1 aliphatic heterocycles. The molecule has 0 spiro atoms. The summed E-state index contributed by atoms with van der Waals surface area (Å²) in [6, 6.07) is 11.6. The van der Waals surface area contributed by atoms with Gasteiger partial charge in [-0.3, -0.25) is 14.4 Å². The minimum absolute atomic E-state index is 0.0958. The van der Waals surface area contributed by atoms with Crippen molar-refractivity contribution in [2.45, 2.75) is 38.5 Å². The van der Waals surface area contributed by atoms with Gasteiger partial charge in [-0.05, 0) is 48.0 Å². The minimum atomic E-state index is -0.188. The number of nitrogens with zero attached hydrogens (tertiary/aromatic N) is 7. The number of carbonyl (C=O) groups excluding carboxylic acids is 1. The quantitative estimate of drug-likeness (QED) is 0.627. The topological polar surface area (TPSA) is 93.8 Å². The van der Waals surface area contributed by atoms with Crippen LogP contribution in [0.15, 0.2) is 48.8 Å². The highest BCUT2D eigenvalue weighted by Crippen LogP contribution is 2.15. The van der Waals surface area contributed by atoms with Gasteiger partial charge in [0, 0.05) is 12.4 Å². The molecular formula is C19H24N8O. The zero-order valence-corrected chi connectivity index (χ0v) is 15.7. The van der Waals surface area contributed by atoms with Gasteiger partial charge in [0.1, 0.15) is 6.54 Å². The molecule has 28 heavy (non-hydrogen) atoms. The Hall–Kier alpha value is -3.07. The number of amides is 1. The molecule has 1 unspecified atom stereocenters. The molecule has 9 heteroatoms. The van der Waals surface area contributed by atoms with Gasteiger partial charge in [-0.25, -0.2) is 4.68 Å². The van der Waals surface area contributed by atoms with Gasteiger partial charge in [-0.1, -0.05) is 30.3 Å². The monoisotopic (exact) mass is 380 g/mol. The molecule has 0 saturated carbocycles. The van der Waals surface area contributed by atoms with Crippen LogP contribution in [0.1, 0.15) is 30.3 Å². The molecule has 1 fully saturated rings. The van der Waals surface area contributed by atoms with Gasteiger partial charge < -0.3 is 5.32 Å². The lowest BCUT2D eigenvalue weighted by Gasteiger charge is -2.20. The van der Waals surface area contributed by atoms with Gasteiger partial charge in [0.05, 0.1) is 19.1 Å². The molecule has 0 bridgehead atoms. The van der Waals surface area contributed by atoms with Gasteiger partial charge in [-0.2, -0.15) is 5.10 Å². The van der Waals surface area contributed by atoms with Crippen LogP contribution < -0.4 is 5.32 Å². The van der Waals surface area contributed by atoms with Crippen LogP contribution in [0.5, 0.6) is 0 Å². The Bertz CT molecular complexity index is 870. The first-order valence-corrected chi connectivity index (χ1v) is 9.57. The van der Waals surface area contributed by atoms with Crippen molar-refractivity contribution in [3.05, 3.63) is 60.2 Å². The van der Waals surface area contributed by atoms with E-state index in [1.807, 2.05) is 47.3 Å². The first-order valence-electron chi connectivity index (χ1n) is 9.57. The summed E-state index contributed by atoms with van der Waals surface area (Å²) in [6.07, 6.45) is 6.02. The molecule has 1 saturated heterocycles. The normalized spacial score (nSPS) is 15.6. The van der Waals surface area contributed by atoms with E-state index < -0.39 is 0 Å². The molecule has 2 aromatic heterocycles. The molecule has 1 atom stereocenters. The average Bonchev–Trinajstić information content (AvgIpc) is 3.47. The molecule has 3 aromatic rings. The molecule has 3 heterocycles. The third kappa shape index (κ3) is 4.61. The predicted molar refractivity (Wildman–Crippen MR) is 102 cm³/mol. The summed E-state index contributed by atoms with van der Waals surface area (Å²) >= 11 is 0. The molecule has 1 amide bonds. The van der Waals surface area contributed by atoms with E-state index >= 15 is 0 Å². The number of tetrazole rings is 1. The van der Waals surface area contributed by atoms with Gasteiger partial charge in [0.25, 0.3) is 0 Å². The number of likely N-dealkylation sites (tertiary alicyclic amines) is 1. The van der Waals surface area contributed by atoms with Gasteiger partial charge >= 0.3 is 0 Å². The second-order valence-corrected chi connectivity index (χ2v) is 6.99. The standard InChI is InChI=1S/C19H24N8O/c28-19(15-27-18(22-23-24-27)14-25-10-4-5-11-25)21-17(13-26-12-6-9-20-26)16-7-2-1-3-8-16/h1-3,6-9,12,17H,4-5,10-11,13-15H2,(H,21,28). The number of rotatable bonds is 8. The van der Waals surface area contributed by atoms with Crippen molar-refractivity contribution in [1.29, 1.82) is 0 Å². The predicted octanol–water partition coefficient (Wildman–Crippen LogP) is 1.02. The van der Waals surface area contributed by atoms with Crippen molar-refractivity contribution in [2.75, 3.05) is 13.1 Å². The second kappa shape index (κ2) is 8.75. The summed E-state index contributed by atoms with van der Waals surface area (Å²) in [4.78, 5) is 15.1. The van der Waals surface area contributed by atoms with Crippen LogP contribution in [0.4, 0.5) is 0 Å². The first-order chi connectivity index (χ1) is 13.8. The van der Waals surface area contributed by atoms with Crippen molar-refractivity contribution in [3.63, 3.8) is 0 Å². The minimum Gasteiger partial charge on any atom is -0.346 e. The van der Waals surface area contributed by atoms with E-state index in [-0.39, 0.29) is 18.5 Å². The molecule has 0 aliphatic carbocycles. The van der Waals surface area contributed by atoms with Gasteiger partial charge in [0.2, 0.25) is 5.91 Å². The van der Waals surface area contributed by atoms with Crippen LogP contribution in [0.2, 0.25) is 0 Å². The van der Waals surface area contributed by atoms with Crippen LogP contribution in [-0.2, 0) is 24.4 Å². The summed E-state index contributed by atoms with van der Waals surface area (Å²) in [6.45, 7) is 3.44. The smallest absolute Gasteiger partial charge is 0.242 e. The Morgan fingerprint density at radius 2 is 1.96 bits per heavy atom. The highest BCUT2D eigenvalue weighted by molar-refractivity contribution is 5.76. The molecule has 0 radical (unpaired) electrons. The van der Waals surface area contributed by atoms with E-state index in [1.165, 1.54) is 12.8 Å². The maximum absolute atomic E-state index is 12.7. The molecule has 1 N–H and O–H groups in total. The molecule has 9 nitrogen and oxygen atoms in total. The largest absolute Gasteiger partial charge is 0.346 e. The second-order valence-electron chi connectivity index (χ2n) is 6.99. The fraction of sp³-hybridized carbons (Fsp3) is 0.421. The van der Waals surface area contributed by atoms with E-state index in [1.54, 1.807) is 10.9 Å². The fourth-order valence-electron chi connectivity index (χ4n) is 3.49. The van der Waals surface area contributed by atoms with Crippen LogP contribution in [0.25, 0.3) is 0 Å². The van der Waals surface area contributed by atoms with Crippen LogP contribution >= 0.6 is 0 Å². The number of hydrogen-bond donors (Lipinski definition) is 1.